The molecule has 0 aliphatic heterocycles. The second kappa shape index (κ2) is 6.38. The minimum Gasteiger partial charge on any atom is -0.414 e. The topological polar surface area (TPSA) is 9.23 Å². The molecule has 0 bridgehead atoms. The Morgan fingerprint density at radius 3 is 2.50 bits per heavy atom. The van der Waals surface area contributed by atoms with Crippen LogP contribution < -0.4 is 0 Å². The Morgan fingerprint density at radius 1 is 1.28 bits per heavy atom. The average Bonchev–Trinajstić information content (AvgIpc) is 2.64. The molecule has 106 valence electrons. The zero-order valence-electron chi connectivity index (χ0n) is 13.1. The number of hydrogen-bond donors (Lipinski definition) is 0. The molecule has 1 saturated carbocycles. The molecule has 18 heavy (non-hydrogen) atoms. The standard InChI is InChI=1S/C16H32OSi/c1-7-8-9-11-14-12-10-13-15(14)17-18(5,6)16(2,3)4/h7,14-15H,1,8-13H2,2-6H3/t14-,15+/m0/s1. The third kappa shape index (κ3) is 4.24. The molecule has 0 N–H and O–H groups in total. The summed E-state index contributed by atoms with van der Waals surface area (Å²) in [6.45, 7) is 15.6. The van der Waals surface area contributed by atoms with Gasteiger partial charge in [0.1, 0.15) is 0 Å². The smallest absolute Gasteiger partial charge is 0.192 e. The van der Waals surface area contributed by atoms with E-state index in [9.17, 15) is 0 Å². The fraction of sp³-hybridized carbons (Fsp3) is 0.875. The van der Waals surface area contributed by atoms with E-state index >= 15 is 0 Å². The molecule has 1 aliphatic carbocycles. The van der Waals surface area contributed by atoms with Crippen LogP contribution in [0.25, 0.3) is 0 Å². The molecule has 1 fully saturated rings. The van der Waals surface area contributed by atoms with E-state index in [1.165, 1.54) is 32.1 Å². The van der Waals surface area contributed by atoms with Crippen molar-refractivity contribution < 1.29 is 4.43 Å². The molecule has 0 aromatic heterocycles. The van der Waals surface area contributed by atoms with Crippen LogP contribution in [-0.4, -0.2) is 14.4 Å². The van der Waals surface area contributed by atoms with Gasteiger partial charge in [-0.25, -0.2) is 0 Å². The van der Waals surface area contributed by atoms with E-state index in [1.807, 2.05) is 6.08 Å². The Hall–Kier alpha value is -0.0831. The van der Waals surface area contributed by atoms with Crippen LogP contribution >= 0.6 is 0 Å². The fourth-order valence-electron chi connectivity index (χ4n) is 2.57. The summed E-state index contributed by atoms with van der Waals surface area (Å²) < 4.78 is 6.62. The van der Waals surface area contributed by atoms with Crippen LogP contribution in [0, 0.1) is 5.92 Å². The quantitative estimate of drug-likeness (QED) is 0.349. The van der Waals surface area contributed by atoms with Crippen molar-refractivity contribution in [3.8, 4) is 0 Å². The second-order valence-electron chi connectivity index (χ2n) is 7.33. The lowest BCUT2D eigenvalue weighted by molar-refractivity contribution is 0.135. The zero-order chi connectivity index (χ0) is 13.8. The van der Waals surface area contributed by atoms with Gasteiger partial charge in [-0.1, -0.05) is 33.3 Å². The highest BCUT2D eigenvalue weighted by Gasteiger charge is 2.41. The molecule has 0 aromatic carbocycles. The van der Waals surface area contributed by atoms with Gasteiger partial charge in [0.05, 0.1) is 0 Å². The summed E-state index contributed by atoms with van der Waals surface area (Å²) in [6.07, 6.45) is 10.4. The Morgan fingerprint density at radius 2 is 1.94 bits per heavy atom. The SMILES string of the molecule is C=CCCC[C@H]1CCC[C@H]1O[Si](C)(C)C(C)(C)C. The molecule has 0 saturated heterocycles. The summed E-state index contributed by atoms with van der Waals surface area (Å²) >= 11 is 0. The highest BCUT2D eigenvalue weighted by Crippen LogP contribution is 2.41. The Labute approximate surface area is 115 Å². The highest BCUT2D eigenvalue weighted by molar-refractivity contribution is 6.74. The first-order valence-corrected chi connectivity index (χ1v) is 10.5. The lowest BCUT2D eigenvalue weighted by Gasteiger charge is -2.40. The van der Waals surface area contributed by atoms with Crippen LogP contribution in [-0.2, 0) is 4.43 Å². The number of hydrogen-bond acceptors (Lipinski definition) is 1. The van der Waals surface area contributed by atoms with Gasteiger partial charge in [-0.2, -0.15) is 0 Å². The van der Waals surface area contributed by atoms with E-state index in [0.717, 1.165) is 12.3 Å². The van der Waals surface area contributed by atoms with Crippen molar-refractivity contribution in [2.45, 2.75) is 83.5 Å². The summed E-state index contributed by atoms with van der Waals surface area (Å²) in [5, 5.41) is 0.335. The van der Waals surface area contributed by atoms with Gasteiger partial charge in [0.15, 0.2) is 8.32 Å². The number of unbranched alkanes of at least 4 members (excludes halogenated alkanes) is 1. The van der Waals surface area contributed by atoms with E-state index < -0.39 is 8.32 Å². The van der Waals surface area contributed by atoms with Gasteiger partial charge in [0, 0.05) is 6.10 Å². The van der Waals surface area contributed by atoms with Crippen LogP contribution in [0.15, 0.2) is 12.7 Å². The minimum absolute atomic E-state index is 0.335. The third-order valence-electron chi connectivity index (χ3n) is 4.82. The summed E-state index contributed by atoms with van der Waals surface area (Å²) in [5.74, 6) is 0.805. The van der Waals surface area contributed by atoms with Crippen LogP contribution in [0.3, 0.4) is 0 Å². The minimum atomic E-state index is -1.58. The van der Waals surface area contributed by atoms with Gasteiger partial charge in [0.2, 0.25) is 0 Å². The number of rotatable bonds is 6. The van der Waals surface area contributed by atoms with Crippen molar-refractivity contribution in [3.05, 3.63) is 12.7 Å². The van der Waals surface area contributed by atoms with Crippen LogP contribution in [0.2, 0.25) is 18.1 Å². The number of allylic oxidation sites excluding steroid dienone is 1. The monoisotopic (exact) mass is 268 g/mol. The zero-order valence-corrected chi connectivity index (χ0v) is 14.1. The molecule has 1 nitrogen and oxygen atoms in total. The van der Waals surface area contributed by atoms with Gasteiger partial charge in [-0.15, -0.1) is 6.58 Å². The molecule has 0 aromatic rings. The van der Waals surface area contributed by atoms with Crippen molar-refractivity contribution in [2.24, 2.45) is 5.92 Å². The van der Waals surface area contributed by atoms with Gasteiger partial charge < -0.3 is 4.43 Å². The summed E-state index contributed by atoms with van der Waals surface area (Å²) in [7, 11) is -1.58. The largest absolute Gasteiger partial charge is 0.414 e. The van der Waals surface area contributed by atoms with Gasteiger partial charge in [0.25, 0.3) is 0 Å². The van der Waals surface area contributed by atoms with Crippen molar-refractivity contribution >= 4 is 8.32 Å². The highest BCUT2D eigenvalue weighted by atomic mass is 28.4. The fourth-order valence-corrected chi connectivity index (χ4v) is 3.99. The average molecular weight is 269 g/mol. The Bertz CT molecular complexity index is 265. The molecule has 2 atom stereocenters. The van der Waals surface area contributed by atoms with Gasteiger partial charge >= 0.3 is 0 Å². The van der Waals surface area contributed by atoms with Crippen LogP contribution in [0.4, 0.5) is 0 Å². The normalized spacial score (nSPS) is 25.4. The van der Waals surface area contributed by atoms with Crippen LogP contribution in [0.1, 0.15) is 59.3 Å². The predicted octanol–water partition coefficient (Wildman–Crippen LogP) is 5.53. The second-order valence-corrected chi connectivity index (χ2v) is 12.1. The van der Waals surface area contributed by atoms with Gasteiger partial charge in [-0.3, -0.25) is 0 Å². The summed E-state index contributed by atoms with van der Waals surface area (Å²) in [4.78, 5) is 0. The van der Waals surface area contributed by atoms with E-state index in [0.29, 0.717) is 11.1 Å². The summed E-state index contributed by atoms with van der Waals surface area (Å²) in [6, 6.07) is 0. The first kappa shape index (κ1) is 16.0. The molecule has 0 radical (unpaired) electrons. The van der Waals surface area contributed by atoms with Crippen molar-refractivity contribution in [1.82, 2.24) is 0 Å². The van der Waals surface area contributed by atoms with Crippen molar-refractivity contribution in [2.75, 3.05) is 0 Å². The lowest BCUT2D eigenvalue weighted by Crippen LogP contribution is -2.44. The van der Waals surface area contributed by atoms with Crippen molar-refractivity contribution in [1.29, 1.82) is 0 Å². The molecule has 0 amide bonds. The molecule has 1 rings (SSSR count). The third-order valence-corrected chi connectivity index (χ3v) is 9.33. The molecular weight excluding hydrogens is 236 g/mol. The molecule has 1 aliphatic rings. The van der Waals surface area contributed by atoms with E-state index in [-0.39, 0.29) is 0 Å². The summed E-state index contributed by atoms with van der Waals surface area (Å²) in [5.41, 5.74) is 0. The van der Waals surface area contributed by atoms with Gasteiger partial charge in [-0.05, 0) is 56.2 Å². The van der Waals surface area contributed by atoms with Crippen LogP contribution in [0.5, 0.6) is 0 Å². The predicted molar refractivity (Wildman–Crippen MR) is 83.5 cm³/mol. The Balaban J connectivity index is 2.52. The van der Waals surface area contributed by atoms with E-state index in [2.05, 4.69) is 40.4 Å². The molecule has 0 spiro atoms. The van der Waals surface area contributed by atoms with E-state index in [1.54, 1.807) is 0 Å². The van der Waals surface area contributed by atoms with E-state index in [4.69, 9.17) is 4.43 Å². The molecule has 0 heterocycles. The first-order chi connectivity index (χ1) is 8.28. The maximum atomic E-state index is 6.62. The maximum absolute atomic E-state index is 6.62. The molecule has 2 heteroatoms. The first-order valence-electron chi connectivity index (χ1n) is 7.56. The maximum Gasteiger partial charge on any atom is 0.192 e. The Kier molecular flexibility index (Phi) is 5.66. The van der Waals surface area contributed by atoms with Crippen molar-refractivity contribution in [3.63, 3.8) is 0 Å². The molecular formula is C16H32OSi. The molecule has 0 unspecified atom stereocenters. The lowest BCUT2D eigenvalue weighted by atomic mass is 9.99.